The van der Waals surface area contributed by atoms with E-state index in [0.29, 0.717) is 0 Å². The third-order valence-electron chi connectivity index (χ3n) is 4.83. The Balaban J connectivity index is 0.000000202. The van der Waals surface area contributed by atoms with Gasteiger partial charge in [0.2, 0.25) is 0 Å². The first-order chi connectivity index (χ1) is 11.7. The average molecular weight is 325 g/mol. The Labute approximate surface area is 148 Å². The van der Waals surface area contributed by atoms with Gasteiger partial charge in [-0.25, -0.2) is 0 Å². The highest BCUT2D eigenvalue weighted by molar-refractivity contribution is 5.78. The number of aryl methyl sites for hydroxylation is 1. The highest BCUT2D eigenvalue weighted by Gasteiger charge is 2.19. The minimum absolute atomic E-state index is 0.955. The molecule has 0 radical (unpaired) electrons. The Hall–Kier alpha value is -1.60. The lowest BCUT2D eigenvalue weighted by atomic mass is 9.98. The fraction of sp³-hybridized carbons (Fsp3) is 0.478. The highest BCUT2D eigenvalue weighted by atomic mass is 16.5. The molecule has 0 aromatic heterocycles. The van der Waals surface area contributed by atoms with Gasteiger partial charge in [0.05, 0.1) is 0 Å². The summed E-state index contributed by atoms with van der Waals surface area (Å²) >= 11 is 0. The number of ether oxygens (including phenoxy) is 1. The molecule has 1 heteroatoms. The van der Waals surface area contributed by atoms with Crippen molar-refractivity contribution in [1.82, 2.24) is 0 Å². The van der Waals surface area contributed by atoms with E-state index in [1.165, 1.54) is 59.1 Å². The van der Waals surface area contributed by atoms with Gasteiger partial charge in [-0.3, -0.25) is 0 Å². The van der Waals surface area contributed by atoms with Gasteiger partial charge in [-0.05, 0) is 66.5 Å². The predicted molar refractivity (Wildman–Crippen MR) is 105 cm³/mol. The van der Waals surface area contributed by atoms with Gasteiger partial charge in [0.1, 0.15) is 0 Å². The number of benzene rings is 2. The van der Waals surface area contributed by atoms with Gasteiger partial charge < -0.3 is 4.74 Å². The summed E-state index contributed by atoms with van der Waals surface area (Å²) in [6.07, 6.45) is 6.02. The summed E-state index contributed by atoms with van der Waals surface area (Å²) < 4.78 is 5.31. The smallest absolute Gasteiger partial charge is 0.0465 e. The van der Waals surface area contributed by atoms with E-state index in [0.717, 1.165) is 19.6 Å². The molecule has 0 fully saturated rings. The second-order valence-corrected chi connectivity index (χ2v) is 6.69. The third-order valence-corrected chi connectivity index (χ3v) is 4.83. The molecule has 0 spiro atoms. The van der Waals surface area contributed by atoms with Crippen molar-refractivity contribution in [3.8, 4) is 11.1 Å². The fourth-order valence-corrected chi connectivity index (χ4v) is 3.08. The van der Waals surface area contributed by atoms with Crippen molar-refractivity contribution in [3.63, 3.8) is 0 Å². The lowest BCUT2D eigenvalue weighted by Gasteiger charge is -2.06. The van der Waals surface area contributed by atoms with Crippen LogP contribution in [0, 0.1) is 13.8 Å². The van der Waals surface area contributed by atoms with Gasteiger partial charge in [-0.1, -0.05) is 63.1 Å². The van der Waals surface area contributed by atoms with Crippen molar-refractivity contribution in [3.05, 3.63) is 58.7 Å². The molecule has 0 saturated heterocycles. The summed E-state index contributed by atoms with van der Waals surface area (Å²) in [6.45, 7) is 10.7. The maximum atomic E-state index is 5.31. The van der Waals surface area contributed by atoms with Crippen LogP contribution >= 0.6 is 0 Å². The summed E-state index contributed by atoms with van der Waals surface area (Å²) in [4.78, 5) is 0. The maximum Gasteiger partial charge on any atom is 0.0465 e. The molecule has 1 nitrogen and oxygen atoms in total. The third kappa shape index (κ3) is 4.70. The van der Waals surface area contributed by atoms with E-state index in [1.807, 2.05) is 0 Å². The number of unbranched alkanes of at least 4 members (excludes halogenated alkanes) is 2. The normalized spacial score (nSPS) is 11.5. The Morgan fingerprint density at radius 2 is 1.50 bits per heavy atom. The van der Waals surface area contributed by atoms with E-state index in [-0.39, 0.29) is 0 Å². The fourth-order valence-electron chi connectivity index (χ4n) is 3.08. The minimum atomic E-state index is 0.955. The summed E-state index contributed by atoms with van der Waals surface area (Å²) in [5.41, 5.74) is 8.73. The summed E-state index contributed by atoms with van der Waals surface area (Å²) in [6, 6.07) is 13.2. The quantitative estimate of drug-likeness (QED) is 0.472. The number of rotatable bonds is 6. The Bertz CT molecular complexity index is 636. The number of hydrogen-bond acceptors (Lipinski definition) is 1. The van der Waals surface area contributed by atoms with Crippen LogP contribution < -0.4 is 0 Å². The lowest BCUT2D eigenvalue weighted by Crippen LogP contribution is -1.95. The molecule has 2 aromatic rings. The van der Waals surface area contributed by atoms with Crippen molar-refractivity contribution < 1.29 is 4.74 Å². The zero-order valence-electron chi connectivity index (χ0n) is 15.8. The van der Waals surface area contributed by atoms with Crippen LogP contribution in [-0.4, -0.2) is 13.2 Å². The van der Waals surface area contributed by atoms with Crippen molar-refractivity contribution >= 4 is 0 Å². The largest absolute Gasteiger partial charge is 0.381 e. The molecule has 130 valence electrons. The zero-order valence-corrected chi connectivity index (χ0v) is 15.8. The summed E-state index contributed by atoms with van der Waals surface area (Å²) in [7, 11) is 0. The van der Waals surface area contributed by atoms with E-state index in [2.05, 4.69) is 64.1 Å². The number of hydrogen-bond donors (Lipinski definition) is 0. The van der Waals surface area contributed by atoms with Crippen molar-refractivity contribution in [2.75, 3.05) is 13.2 Å². The molecule has 24 heavy (non-hydrogen) atoms. The highest BCUT2D eigenvalue weighted by Crippen LogP contribution is 2.38. The standard InChI is InChI=1S/C15H14.C8H18O/c1-10-7-8-14-13-6-4-3-5-12(13)9-15(14)11(10)2;1-3-5-7-9-8-6-4-2/h3-8H,9H2,1-2H3;3-8H2,1-2H3. The maximum absolute atomic E-state index is 5.31. The Kier molecular flexibility index (Phi) is 7.52. The van der Waals surface area contributed by atoms with E-state index in [9.17, 15) is 0 Å². The summed E-state index contributed by atoms with van der Waals surface area (Å²) in [5.74, 6) is 0. The zero-order chi connectivity index (χ0) is 17.4. The topological polar surface area (TPSA) is 9.23 Å². The molecule has 0 atom stereocenters. The van der Waals surface area contributed by atoms with Crippen molar-refractivity contribution in [1.29, 1.82) is 0 Å². The molecule has 2 aromatic carbocycles. The molecule has 0 amide bonds. The van der Waals surface area contributed by atoms with E-state index < -0.39 is 0 Å². The Morgan fingerprint density at radius 1 is 0.833 bits per heavy atom. The van der Waals surface area contributed by atoms with Crippen LogP contribution in [0.25, 0.3) is 11.1 Å². The van der Waals surface area contributed by atoms with Gasteiger partial charge in [0.15, 0.2) is 0 Å². The molecule has 0 heterocycles. The molecule has 1 aliphatic carbocycles. The second kappa shape index (κ2) is 9.64. The Morgan fingerprint density at radius 3 is 2.17 bits per heavy atom. The number of fused-ring (bicyclic) bond motifs is 3. The molecule has 0 N–H and O–H groups in total. The van der Waals surface area contributed by atoms with E-state index in [4.69, 9.17) is 4.74 Å². The van der Waals surface area contributed by atoms with Crippen LogP contribution in [0.3, 0.4) is 0 Å². The molecule has 0 unspecified atom stereocenters. The minimum Gasteiger partial charge on any atom is -0.381 e. The SMILES string of the molecule is CCCCOCCCC.Cc1ccc2c(c1C)Cc1ccccc1-2. The van der Waals surface area contributed by atoms with Crippen LogP contribution in [0.15, 0.2) is 36.4 Å². The van der Waals surface area contributed by atoms with Crippen LogP contribution in [0.5, 0.6) is 0 Å². The molecule has 0 bridgehead atoms. The molecule has 3 rings (SSSR count). The van der Waals surface area contributed by atoms with Crippen LogP contribution in [-0.2, 0) is 11.2 Å². The molecule has 0 saturated carbocycles. The van der Waals surface area contributed by atoms with Gasteiger partial charge in [0.25, 0.3) is 0 Å². The van der Waals surface area contributed by atoms with Crippen LogP contribution in [0.1, 0.15) is 61.8 Å². The van der Waals surface area contributed by atoms with Gasteiger partial charge in [-0.15, -0.1) is 0 Å². The van der Waals surface area contributed by atoms with E-state index >= 15 is 0 Å². The molecular formula is C23H32O. The first kappa shape index (κ1) is 18.7. The average Bonchev–Trinajstić information content (AvgIpc) is 2.98. The predicted octanol–water partition coefficient (Wildman–Crippen LogP) is 6.48. The monoisotopic (exact) mass is 324 g/mol. The van der Waals surface area contributed by atoms with Crippen molar-refractivity contribution in [2.24, 2.45) is 0 Å². The van der Waals surface area contributed by atoms with Crippen LogP contribution in [0.4, 0.5) is 0 Å². The molecular weight excluding hydrogens is 292 g/mol. The summed E-state index contributed by atoms with van der Waals surface area (Å²) in [5, 5.41) is 0. The van der Waals surface area contributed by atoms with Gasteiger partial charge in [-0.2, -0.15) is 0 Å². The van der Waals surface area contributed by atoms with Crippen LogP contribution in [0.2, 0.25) is 0 Å². The lowest BCUT2D eigenvalue weighted by molar-refractivity contribution is 0.128. The first-order valence-corrected chi connectivity index (χ1v) is 9.44. The van der Waals surface area contributed by atoms with Crippen molar-refractivity contribution in [2.45, 2.75) is 59.8 Å². The van der Waals surface area contributed by atoms with E-state index in [1.54, 1.807) is 0 Å². The second-order valence-electron chi connectivity index (χ2n) is 6.69. The van der Waals surface area contributed by atoms with Gasteiger partial charge >= 0.3 is 0 Å². The van der Waals surface area contributed by atoms with Gasteiger partial charge in [0, 0.05) is 13.2 Å². The molecule has 0 aliphatic heterocycles. The molecule has 1 aliphatic rings. The first-order valence-electron chi connectivity index (χ1n) is 9.44.